The van der Waals surface area contributed by atoms with Crippen LogP contribution in [0.2, 0.25) is 10.0 Å². The fourth-order valence-corrected chi connectivity index (χ4v) is 3.40. The molecule has 1 saturated heterocycles. The molecule has 0 spiro atoms. The van der Waals surface area contributed by atoms with Crippen molar-refractivity contribution in [2.75, 3.05) is 13.2 Å². The predicted molar refractivity (Wildman–Crippen MR) is 89.9 cm³/mol. The van der Waals surface area contributed by atoms with Crippen LogP contribution in [0.15, 0.2) is 12.1 Å². The number of esters is 1. The number of hydrogen-bond acceptors (Lipinski definition) is 3. The van der Waals surface area contributed by atoms with Crippen LogP contribution in [-0.4, -0.2) is 36.0 Å². The highest BCUT2D eigenvalue weighted by Crippen LogP contribution is 2.30. The van der Waals surface area contributed by atoms with Crippen LogP contribution in [0.5, 0.6) is 0 Å². The summed E-state index contributed by atoms with van der Waals surface area (Å²) in [6.45, 7) is 2.58. The Morgan fingerprint density at radius 1 is 1.43 bits per heavy atom. The molecule has 1 aromatic rings. The van der Waals surface area contributed by atoms with Crippen molar-refractivity contribution >= 4 is 57.7 Å². The quantitative estimate of drug-likeness (QED) is 0.407. The van der Waals surface area contributed by atoms with Gasteiger partial charge in [-0.2, -0.15) is 0 Å². The van der Waals surface area contributed by atoms with Gasteiger partial charge in [0.2, 0.25) is 0 Å². The molecule has 1 fully saturated rings. The number of carbonyl (C=O) groups is 2. The summed E-state index contributed by atoms with van der Waals surface area (Å²) in [5, 5.41) is 0.828. The number of rotatable bonds is 3. The zero-order valence-corrected chi connectivity index (χ0v) is 15.0. The summed E-state index contributed by atoms with van der Waals surface area (Å²) in [6, 6.07) is 2.65. The number of ether oxygens (including phenoxy) is 1. The normalized spacial score (nSPS) is 17.9. The number of likely N-dealkylation sites (tertiary alicyclic amines) is 1. The van der Waals surface area contributed by atoms with Gasteiger partial charge in [0.25, 0.3) is 5.91 Å². The minimum absolute atomic E-state index is 0.237. The third-order valence-corrected chi connectivity index (χ3v) is 5.29. The summed E-state index contributed by atoms with van der Waals surface area (Å²) in [5.74, 6) is -0.592. The smallest absolute Gasteiger partial charge is 0.328 e. The van der Waals surface area contributed by atoms with Crippen LogP contribution in [0, 0.1) is 3.57 Å². The van der Waals surface area contributed by atoms with Crippen molar-refractivity contribution in [2.45, 2.75) is 25.8 Å². The fraction of sp³-hybridized carbons (Fsp3) is 0.429. The lowest BCUT2D eigenvalue weighted by molar-refractivity contribution is -0.147. The van der Waals surface area contributed by atoms with Gasteiger partial charge in [-0.05, 0) is 54.5 Å². The Bertz CT molecular complexity index is 580. The van der Waals surface area contributed by atoms with E-state index in [9.17, 15) is 9.59 Å². The Kier molecular flexibility index (Phi) is 5.73. The summed E-state index contributed by atoms with van der Waals surface area (Å²) in [5.41, 5.74) is 0.421. The van der Waals surface area contributed by atoms with Gasteiger partial charge in [-0.25, -0.2) is 4.79 Å². The van der Waals surface area contributed by atoms with Gasteiger partial charge in [0, 0.05) is 15.1 Å². The van der Waals surface area contributed by atoms with E-state index in [-0.39, 0.29) is 11.9 Å². The number of halogens is 3. The highest BCUT2D eigenvalue weighted by atomic mass is 127. The van der Waals surface area contributed by atoms with Crippen molar-refractivity contribution in [2.24, 2.45) is 0 Å². The van der Waals surface area contributed by atoms with E-state index < -0.39 is 6.04 Å². The van der Waals surface area contributed by atoms with Gasteiger partial charge in [-0.1, -0.05) is 23.2 Å². The van der Waals surface area contributed by atoms with Crippen molar-refractivity contribution in [3.63, 3.8) is 0 Å². The zero-order valence-electron chi connectivity index (χ0n) is 11.4. The van der Waals surface area contributed by atoms with E-state index >= 15 is 0 Å². The van der Waals surface area contributed by atoms with E-state index in [1.54, 1.807) is 24.0 Å². The maximum atomic E-state index is 12.7. The van der Waals surface area contributed by atoms with Gasteiger partial charge in [0.15, 0.2) is 0 Å². The second-order valence-corrected chi connectivity index (χ2v) is 6.58. The van der Waals surface area contributed by atoms with Crippen LogP contribution in [0.25, 0.3) is 0 Å². The van der Waals surface area contributed by atoms with Crippen molar-refractivity contribution in [3.8, 4) is 0 Å². The Hall–Kier alpha value is -0.530. The number of amides is 1. The molecule has 1 heterocycles. The minimum Gasteiger partial charge on any atom is -0.464 e. The molecule has 1 aliphatic rings. The van der Waals surface area contributed by atoms with Crippen molar-refractivity contribution in [1.29, 1.82) is 0 Å². The molecular weight excluding hydrogens is 428 g/mol. The first-order valence-corrected chi connectivity index (χ1v) is 8.41. The third-order valence-electron chi connectivity index (χ3n) is 3.30. The Balaban J connectivity index is 2.29. The van der Waals surface area contributed by atoms with Gasteiger partial charge >= 0.3 is 5.97 Å². The first-order valence-electron chi connectivity index (χ1n) is 6.57. The molecule has 1 aliphatic heterocycles. The molecule has 2 rings (SSSR count). The molecule has 1 unspecified atom stereocenters. The van der Waals surface area contributed by atoms with Crippen LogP contribution < -0.4 is 0 Å². The molecule has 0 bridgehead atoms. The highest BCUT2D eigenvalue weighted by molar-refractivity contribution is 14.1. The van der Waals surface area contributed by atoms with E-state index in [0.29, 0.717) is 38.8 Å². The molecule has 21 heavy (non-hydrogen) atoms. The summed E-state index contributed by atoms with van der Waals surface area (Å²) < 4.78 is 5.67. The number of nitrogens with zero attached hydrogens (tertiary/aromatic N) is 1. The predicted octanol–water partition coefficient (Wildman–Crippen LogP) is 3.77. The molecule has 1 amide bonds. The SMILES string of the molecule is CCOC(=O)C1CCCN1C(=O)c1cc(Cl)cc(Cl)c1I. The molecule has 114 valence electrons. The van der Waals surface area contributed by atoms with Gasteiger partial charge in [-0.15, -0.1) is 0 Å². The van der Waals surface area contributed by atoms with Crippen LogP contribution >= 0.6 is 45.8 Å². The first kappa shape index (κ1) is 16.8. The van der Waals surface area contributed by atoms with E-state index in [1.165, 1.54) is 0 Å². The summed E-state index contributed by atoms with van der Waals surface area (Å²) >= 11 is 14.0. The molecule has 1 aromatic carbocycles. The van der Waals surface area contributed by atoms with E-state index in [0.717, 1.165) is 6.42 Å². The summed E-state index contributed by atoms with van der Waals surface area (Å²) in [4.78, 5) is 26.2. The average molecular weight is 442 g/mol. The third kappa shape index (κ3) is 3.63. The fourth-order valence-electron chi connectivity index (χ4n) is 2.36. The highest BCUT2D eigenvalue weighted by Gasteiger charge is 2.36. The van der Waals surface area contributed by atoms with Gasteiger partial charge in [0.05, 0.1) is 17.2 Å². The van der Waals surface area contributed by atoms with Crippen LogP contribution in [0.3, 0.4) is 0 Å². The lowest BCUT2D eigenvalue weighted by atomic mass is 10.1. The number of carbonyl (C=O) groups excluding carboxylic acids is 2. The maximum absolute atomic E-state index is 12.7. The number of benzene rings is 1. The van der Waals surface area contributed by atoms with Crippen molar-refractivity contribution in [1.82, 2.24) is 4.90 Å². The monoisotopic (exact) mass is 441 g/mol. The molecule has 0 N–H and O–H groups in total. The van der Waals surface area contributed by atoms with E-state index in [4.69, 9.17) is 27.9 Å². The van der Waals surface area contributed by atoms with Crippen molar-refractivity contribution in [3.05, 3.63) is 31.3 Å². The largest absolute Gasteiger partial charge is 0.464 e. The molecular formula is C14H14Cl2INO3. The van der Waals surface area contributed by atoms with E-state index in [2.05, 4.69) is 0 Å². The zero-order chi connectivity index (χ0) is 15.6. The van der Waals surface area contributed by atoms with Gasteiger partial charge < -0.3 is 9.64 Å². The van der Waals surface area contributed by atoms with Crippen LogP contribution in [0.4, 0.5) is 0 Å². The molecule has 1 atom stereocenters. The molecule has 0 saturated carbocycles. The maximum Gasteiger partial charge on any atom is 0.328 e. The Morgan fingerprint density at radius 3 is 2.81 bits per heavy atom. The topological polar surface area (TPSA) is 46.6 Å². The number of hydrogen-bond donors (Lipinski definition) is 0. The molecule has 0 aromatic heterocycles. The van der Waals surface area contributed by atoms with Gasteiger partial charge in [-0.3, -0.25) is 4.79 Å². The molecule has 7 heteroatoms. The first-order chi connectivity index (χ1) is 9.95. The Morgan fingerprint density at radius 2 is 2.14 bits per heavy atom. The molecule has 4 nitrogen and oxygen atoms in total. The van der Waals surface area contributed by atoms with Crippen LogP contribution in [0.1, 0.15) is 30.1 Å². The second-order valence-electron chi connectivity index (χ2n) is 4.66. The lowest BCUT2D eigenvalue weighted by Crippen LogP contribution is -2.41. The van der Waals surface area contributed by atoms with Crippen molar-refractivity contribution < 1.29 is 14.3 Å². The Labute approximate surface area is 146 Å². The average Bonchev–Trinajstić information content (AvgIpc) is 2.91. The lowest BCUT2D eigenvalue weighted by Gasteiger charge is -2.24. The standard InChI is InChI=1S/C14H14Cl2INO3/c1-2-21-14(20)11-4-3-5-18(11)13(19)9-6-8(15)7-10(16)12(9)17/h6-7,11H,2-5H2,1H3. The van der Waals surface area contributed by atoms with E-state index in [1.807, 2.05) is 22.6 Å². The minimum atomic E-state index is -0.522. The second kappa shape index (κ2) is 7.15. The molecule has 0 aliphatic carbocycles. The summed E-state index contributed by atoms with van der Waals surface area (Å²) in [6.07, 6.45) is 1.40. The summed E-state index contributed by atoms with van der Waals surface area (Å²) in [7, 11) is 0. The van der Waals surface area contributed by atoms with Gasteiger partial charge in [0.1, 0.15) is 6.04 Å². The van der Waals surface area contributed by atoms with Crippen LogP contribution in [-0.2, 0) is 9.53 Å². The molecule has 0 radical (unpaired) electrons.